The molecule has 0 radical (unpaired) electrons. The van der Waals surface area contributed by atoms with E-state index in [1.54, 1.807) is 18.4 Å². The second-order valence-electron chi connectivity index (χ2n) is 6.68. The quantitative estimate of drug-likeness (QED) is 0.925. The van der Waals surface area contributed by atoms with Crippen molar-refractivity contribution >= 4 is 22.4 Å². The van der Waals surface area contributed by atoms with Crippen LogP contribution in [0.25, 0.3) is 0 Å². The van der Waals surface area contributed by atoms with Crippen LogP contribution in [0.5, 0.6) is 5.75 Å². The number of carbonyl (C=O) groups excluding carboxylic acids is 1. The molecule has 1 amide bonds. The topological polar surface area (TPSA) is 54.5 Å². The second kappa shape index (κ2) is 6.53. The number of nitrogens with one attached hydrogen (secondary N) is 1. The number of carbonyl (C=O) groups is 1. The summed E-state index contributed by atoms with van der Waals surface area (Å²) in [7, 11) is 3.74. The summed E-state index contributed by atoms with van der Waals surface area (Å²) in [6.45, 7) is 5.77. The highest BCUT2D eigenvalue weighted by Crippen LogP contribution is 2.31. The number of aromatic nitrogens is 1. The number of rotatable bonds is 4. The molecule has 3 rings (SSSR count). The molecular formula is C18H23N3O2S. The van der Waals surface area contributed by atoms with Crippen molar-refractivity contribution in [1.29, 1.82) is 0 Å². The number of nitrogens with zero attached hydrogens (tertiary/aromatic N) is 2. The molecular weight excluding hydrogens is 322 g/mol. The first-order valence-corrected chi connectivity index (χ1v) is 8.85. The zero-order valence-corrected chi connectivity index (χ0v) is 15.4. The van der Waals surface area contributed by atoms with Gasteiger partial charge in [-0.05, 0) is 38.6 Å². The molecule has 0 bridgehead atoms. The number of likely N-dealkylation sites (N-methyl/N-ethyl adjacent to an activating group) is 1. The molecule has 1 N–H and O–H groups in total. The van der Waals surface area contributed by atoms with Crippen LogP contribution in [0.3, 0.4) is 0 Å². The predicted octanol–water partition coefficient (Wildman–Crippen LogP) is 3.06. The molecule has 1 aliphatic heterocycles. The Kier molecular flexibility index (Phi) is 4.60. The van der Waals surface area contributed by atoms with E-state index in [0.29, 0.717) is 5.13 Å². The molecule has 0 atom stereocenters. The largest absolute Gasteiger partial charge is 0.497 e. The molecule has 5 nitrogen and oxygen atoms in total. The molecule has 2 aromatic rings. The van der Waals surface area contributed by atoms with Gasteiger partial charge in [-0.2, -0.15) is 0 Å². The van der Waals surface area contributed by atoms with Gasteiger partial charge in [-0.25, -0.2) is 4.98 Å². The van der Waals surface area contributed by atoms with Gasteiger partial charge in [-0.1, -0.05) is 12.1 Å². The number of anilines is 1. The van der Waals surface area contributed by atoms with Crippen molar-refractivity contribution < 1.29 is 9.53 Å². The molecule has 6 heteroatoms. The Morgan fingerprint density at radius 3 is 2.71 bits per heavy atom. The van der Waals surface area contributed by atoms with E-state index in [9.17, 15) is 4.79 Å². The van der Waals surface area contributed by atoms with Crippen molar-refractivity contribution in [3.8, 4) is 5.75 Å². The number of ether oxygens (including phenoxy) is 1. The van der Waals surface area contributed by atoms with Gasteiger partial charge in [0.05, 0.1) is 18.2 Å². The Bertz CT molecular complexity index is 737. The lowest BCUT2D eigenvalue weighted by Crippen LogP contribution is -2.34. The van der Waals surface area contributed by atoms with E-state index in [0.717, 1.165) is 36.5 Å². The lowest BCUT2D eigenvalue weighted by Gasteiger charge is -2.23. The highest BCUT2D eigenvalue weighted by atomic mass is 32.1. The van der Waals surface area contributed by atoms with E-state index < -0.39 is 5.41 Å². The van der Waals surface area contributed by atoms with Crippen LogP contribution >= 0.6 is 11.3 Å². The van der Waals surface area contributed by atoms with Crippen molar-refractivity contribution in [2.45, 2.75) is 32.2 Å². The summed E-state index contributed by atoms with van der Waals surface area (Å²) in [5.41, 5.74) is 1.42. The van der Waals surface area contributed by atoms with Gasteiger partial charge >= 0.3 is 0 Å². The average Bonchev–Trinajstić information content (AvgIpc) is 2.96. The molecule has 24 heavy (non-hydrogen) atoms. The van der Waals surface area contributed by atoms with Crippen LogP contribution in [-0.2, 0) is 23.2 Å². The normalized spacial score (nSPS) is 15.0. The maximum absolute atomic E-state index is 12.8. The zero-order chi connectivity index (χ0) is 17.3. The molecule has 0 spiro atoms. The average molecular weight is 345 g/mol. The Balaban J connectivity index is 1.75. The summed E-state index contributed by atoms with van der Waals surface area (Å²) in [4.78, 5) is 20.9. The first-order chi connectivity index (χ1) is 11.4. The van der Waals surface area contributed by atoms with Crippen LogP contribution in [0.1, 0.15) is 30.0 Å². The smallest absolute Gasteiger partial charge is 0.236 e. The fraction of sp³-hybridized carbons (Fsp3) is 0.444. The van der Waals surface area contributed by atoms with E-state index in [-0.39, 0.29) is 5.91 Å². The Morgan fingerprint density at radius 2 is 2.04 bits per heavy atom. The zero-order valence-electron chi connectivity index (χ0n) is 14.5. The van der Waals surface area contributed by atoms with Crippen LogP contribution in [0.15, 0.2) is 24.3 Å². The lowest BCUT2D eigenvalue weighted by molar-refractivity contribution is -0.120. The fourth-order valence-electron chi connectivity index (χ4n) is 2.77. The van der Waals surface area contributed by atoms with Crippen molar-refractivity contribution in [3.63, 3.8) is 0 Å². The monoisotopic (exact) mass is 345 g/mol. The van der Waals surface area contributed by atoms with Crippen LogP contribution in [0.2, 0.25) is 0 Å². The minimum atomic E-state index is -0.644. The number of benzene rings is 1. The molecule has 2 heterocycles. The third-order valence-electron chi connectivity index (χ3n) is 4.52. The third-order valence-corrected chi connectivity index (χ3v) is 5.52. The summed E-state index contributed by atoms with van der Waals surface area (Å²) >= 11 is 1.58. The minimum absolute atomic E-state index is 0.0490. The SMILES string of the molecule is COc1ccc(C(C)(C)C(=O)Nc2nc3c(s2)CN(C)CC3)cc1. The second-order valence-corrected chi connectivity index (χ2v) is 7.77. The van der Waals surface area contributed by atoms with Crippen LogP contribution in [0.4, 0.5) is 5.13 Å². The van der Waals surface area contributed by atoms with Crippen molar-refractivity contribution in [2.75, 3.05) is 26.0 Å². The number of hydrogen-bond donors (Lipinski definition) is 1. The van der Waals surface area contributed by atoms with Crippen molar-refractivity contribution in [3.05, 3.63) is 40.4 Å². The Labute approximate surface area is 146 Å². The highest BCUT2D eigenvalue weighted by Gasteiger charge is 2.31. The number of methoxy groups -OCH3 is 1. The summed E-state index contributed by atoms with van der Waals surface area (Å²) in [6.07, 6.45) is 0.945. The highest BCUT2D eigenvalue weighted by molar-refractivity contribution is 7.15. The molecule has 0 fully saturated rings. The Hall–Kier alpha value is -1.92. The summed E-state index contributed by atoms with van der Waals surface area (Å²) < 4.78 is 5.18. The minimum Gasteiger partial charge on any atom is -0.497 e. The number of fused-ring (bicyclic) bond motifs is 1. The first kappa shape index (κ1) is 16.9. The molecule has 0 unspecified atom stereocenters. The molecule has 0 saturated carbocycles. The fourth-order valence-corrected chi connectivity index (χ4v) is 3.85. The summed E-state index contributed by atoms with van der Waals surface area (Å²) in [6, 6.07) is 7.62. The predicted molar refractivity (Wildman–Crippen MR) is 96.8 cm³/mol. The van der Waals surface area contributed by atoms with E-state index in [1.807, 2.05) is 38.1 Å². The molecule has 1 aliphatic rings. The summed E-state index contributed by atoms with van der Waals surface area (Å²) in [5.74, 6) is 0.735. The number of hydrogen-bond acceptors (Lipinski definition) is 5. The van der Waals surface area contributed by atoms with E-state index in [1.165, 1.54) is 4.88 Å². The van der Waals surface area contributed by atoms with Gasteiger partial charge < -0.3 is 15.0 Å². The van der Waals surface area contributed by atoms with Gasteiger partial charge in [0.1, 0.15) is 5.75 Å². The standard InChI is InChI=1S/C18H23N3O2S/c1-18(2,12-5-7-13(23-4)8-6-12)16(22)20-17-19-14-9-10-21(3)11-15(14)24-17/h5-8H,9-11H2,1-4H3,(H,19,20,22). The molecule has 0 aliphatic carbocycles. The van der Waals surface area contributed by atoms with Gasteiger partial charge in [0.25, 0.3) is 0 Å². The molecule has 0 saturated heterocycles. The van der Waals surface area contributed by atoms with Gasteiger partial charge in [-0.15, -0.1) is 11.3 Å². The van der Waals surface area contributed by atoms with Crippen molar-refractivity contribution in [2.24, 2.45) is 0 Å². The van der Waals surface area contributed by atoms with Gasteiger partial charge in [-0.3, -0.25) is 4.79 Å². The van der Waals surface area contributed by atoms with Gasteiger partial charge in [0, 0.05) is 24.4 Å². The molecule has 128 valence electrons. The van der Waals surface area contributed by atoms with E-state index >= 15 is 0 Å². The molecule has 1 aromatic heterocycles. The maximum atomic E-state index is 12.8. The lowest BCUT2D eigenvalue weighted by atomic mass is 9.84. The third kappa shape index (κ3) is 3.30. The van der Waals surface area contributed by atoms with Gasteiger partial charge in [0.15, 0.2) is 5.13 Å². The van der Waals surface area contributed by atoms with Crippen molar-refractivity contribution in [1.82, 2.24) is 9.88 Å². The van der Waals surface area contributed by atoms with E-state index in [4.69, 9.17) is 4.74 Å². The first-order valence-electron chi connectivity index (χ1n) is 8.03. The number of thiazole rings is 1. The maximum Gasteiger partial charge on any atom is 0.236 e. The molecule has 1 aromatic carbocycles. The van der Waals surface area contributed by atoms with Crippen LogP contribution in [0, 0.1) is 0 Å². The Morgan fingerprint density at radius 1 is 1.33 bits per heavy atom. The van der Waals surface area contributed by atoms with E-state index in [2.05, 4.69) is 22.2 Å². The van der Waals surface area contributed by atoms with Gasteiger partial charge in [0.2, 0.25) is 5.91 Å². The van der Waals surface area contributed by atoms with Crippen LogP contribution in [-0.4, -0.2) is 36.5 Å². The number of amides is 1. The summed E-state index contributed by atoms with van der Waals surface area (Å²) in [5, 5.41) is 3.70. The van der Waals surface area contributed by atoms with Crippen LogP contribution < -0.4 is 10.1 Å².